The number of likely N-dealkylation sites (tertiary alicyclic amines) is 1. The molecule has 0 aromatic heterocycles. The predicted molar refractivity (Wildman–Crippen MR) is 92.5 cm³/mol. The van der Waals surface area contributed by atoms with Gasteiger partial charge in [-0.05, 0) is 44.5 Å². The molecule has 1 heterocycles. The molecule has 1 aliphatic rings. The quantitative estimate of drug-likeness (QED) is 0.724. The van der Waals surface area contributed by atoms with E-state index in [-0.39, 0.29) is 35.1 Å². The van der Waals surface area contributed by atoms with Gasteiger partial charge in [0.2, 0.25) is 5.91 Å². The van der Waals surface area contributed by atoms with Crippen molar-refractivity contribution in [2.45, 2.75) is 26.4 Å². The first-order valence-corrected chi connectivity index (χ1v) is 8.70. The molecular formula is C17H21ClF2N2O4. The summed E-state index contributed by atoms with van der Waals surface area (Å²) in [5.74, 6) is -0.906. The number of rotatable bonds is 7. The molecule has 1 unspecified atom stereocenters. The number of ether oxygens (including phenoxy) is 2. The van der Waals surface area contributed by atoms with Crippen LogP contribution in [0.3, 0.4) is 0 Å². The molecule has 1 aromatic carbocycles. The fraction of sp³-hybridized carbons (Fsp3) is 0.529. The Balaban J connectivity index is 1.88. The average Bonchev–Trinajstić information content (AvgIpc) is 2.57. The Bertz CT molecular complexity index is 645. The standard InChI is InChI=1S/C17H21ClF2N2O4/c1-2-25-16(24)11-4-3-7-22(9-11)10-15(23)21-12-5-6-14(13(18)8-12)26-17(19)20/h5-6,8,11,17H,2-4,7,9-10H2,1H3,(H,21,23). The van der Waals surface area contributed by atoms with Gasteiger partial charge in [-0.25, -0.2) is 0 Å². The molecule has 1 atom stereocenters. The van der Waals surface area contributed by atoms with E-state index >= 15 is 0 Å². The first-order valence-electron chi connectivity index (χ1n) is 8.32. The molecule has 1 aliphatic heterocycles. The van der Waals surface area contributed by atoms with Gasteiger partial charge >= 0.3 is 12.6 Å². The van der Waals surface area contributed by atoms with Crippen LogP contribution in [0.15, 0.2) is 18.2 Å². The molecule has 0 spiro atoms. The number of amides is 1. The summed E-state index contributed by atoms with van der Waals surface area (Å²) < 4.78 is 33.7. The number of carbonyl (C=O) groups is 2. The van der Waals surface area contributed by atoms with E-state index in [1.165, 1.54) is 18.2 Å². The maximum absolute atomic E-state index is 12.2. The van der Waals surface area contributed by atoms with Crippen LogP contribution in [0.5, 0.6) is 5.75 Å². The predicted octanol–water partition coefficient (Wildman–Crippen LogP) is 3.16. The number of anilines is 1. The van der Waals surface area contributed by atoms with E-state index in [1.54, 1.807) is 6.92 Å². The smallest absolute Gasteiger partial charge is 0.387 e. The zero-order valence-electron chi connectivity index (χ0n) is 14.3. The van der Waals surface area contributed by atoms with E-state index in [1.807, 2.05) is 4.90 Å². The maximum atomic E-state index is 12.2. The fourth-order valence-electron chi connectivity index (χ4n) is 2.83. The molecule has 2 rings (SSSR count). The van der Waals surface area contributed by atoms with Gasteiger partial charge in [-0.2, -0.15) is 8.78 Å². The highest BCUT2D eigenvalue weighted by molar-refractivity contribution is 6.32. The Morgan fingerprint density at radius 3 is 2.85 bits per heavy atom. The van der Waals surface area contributed by atoms with Crippen molar-refractivity contribution in [2.75, 3.05) is 31.6 Å². The zero-order valence-corrected chi connectivity index (χ0v) is 15.1. The second kappa shape index (κ2) is 9.68. The van der Waals surface area contributed by atoms with Crippen LogP contribution in [-0.2, 0) is 14.3 Å². The van der Waals surface area contributed by atoms with E-state index < -0.39 is 6.61 Å². The summed E-state index contributed by atoms with van der Waals surface area (Å²) in [6.07, 6.45) is 1.56. The highest BCUT2D eigenvalue weighted by Crippen LogP contribution is 2.29. The maximum Gasteiger partial charge on any atom is 0.387 e. The van der Waals surface area contributed by atoms with E-state index in [4.69, 9.17) is 16.3 Å². The van der Waals surface area contributed by atoms with E-state index in [2.05, 4.69) is 10.1 Å². The van der Waals surface area contributed by atoms with Crippen molar-refractivity contribution in [1.29, 1.82) is 0 Å². The summed E-state index contributed by atoms with van der Waals surface area (Å²) in [7, 11) is 0. The number of benzene rings is 1. The third kappa shape index (κ3) is 6.10. The number of piperidine rings is 1. The van der Waals surface area contributed by atoms with Crippen molar-refractivity contribution in [2.24, 2.45) is 5.92 Å². The number of carbonyl (C=O) groups excluding carboxylic acids is 2. The largest absolute Gasteiger partial charge is 0.466 e. The molecule has 26 heavy (non-hydrogen) atoms. The van der Waals surface area contributed by atoms with Crippen LogP contribution in [0.2, 0.25) is 5.02 Å². The van der Waals surface area contributed by atoms with Crippen LogP contribution in [0.1, 0.15) is 19.8 Å². The van der Waals surface area contributed by atoms with Crippen molar-refractivity contribution in [3.05, 3.63) is 23.2 Å². The lowest BCUT2D eigenvalue weighted by molar-refractivity contribution is -0.150. The van der Waals surface area contributed by atoms with Gasteiger partial charge in [0.15, 0.2) is 0 Å². The van der Waals surface area contributed by atoms with Crippen molar-refractivity contribution in [3.63, 3.8) is 0 Å². The number of nitrogens with zero attached hydrogens (tertiary/aromatic N) is 1. The highest BCUT2D eigenvalue weighted by Gasteiger charge is 2.27. The summed E-state index contributed by atoms with van der Waals surface area (Å²) in [4.78, 5) is 25.9. The Labute approximate surface area is 155 Å². The van der Waals surface area contributed by atoms with Crippen LogP contribution in [0.4, 0.5) is 14.5 Å². The minimum absolute atomic E-state index is 0.0246. The number of hydrogen-bond donors (Lipinski definition) is 1. The lowest BCUT2D eigenvalue weighted by Gasteiger charge is -2.30. The summed E-state index contributed by atoms with van der Waals surface area (Å²) in [6.45, 7) is 0.415. The van der Waals surface area contributed by atoms with Crippen molar-refractivity contribution in [3.8, 4) is 5.75 Å². The van der Waals surface area contributed by atoms with Crippen LogP contribution < -0.4 is 10.1 Å². The molecular weight excluding hydrogens is 370 g/mol. The van der Waals surface area contributed by atoms with Crippen molar-refractivity contribution >= 4 is 29.2 Å². The Hall–Kier alpha value is -1.93. The second-order valence-electron chi connectivity index (χ2n) is 5.90. The molecule has 0 aliphatic carbocycles. The summed E-state index contributed by atoms with van der Waals surface area (Å²) >= 11 is 5.86. The van der Waals surface area contributed by atoms with Crippen molar-refractivity contribution < 1.29 is 27.8 Å². The molecule has 1 aromatic rings. The SMILES string of the molecule is CCOC(=O)C1CCCN(CC(=O)Nc2ccc(OC(F)F)c(Cl)c2)C1. The number of esters is 1. The van der Waals surface area contributed by atoms with Gasteiger partial charge in [0.1, 0.15) is 5.75 Å². The zero-order chi connectivity index (χ0) is 19.1. The minimum atomic E-state index is -2.97. The first kappa shape index (κ1) is 20.4. The molecule has 1 saturated heterocycles. The van der Waals surface area contributed by atoms with E-state index in [0.29, 0.717) is 25.4 Å². The van der Waals surface area contributed by atoms with Crippen LogP contribution >= 0.6 is 11.6 Å². The van der Waals surface area contributed by atoms with Gasteiger partial charge in [0.05, 0.1) is 24.1 Å². The minimum Gasteiger partial charge on any atom is -0.466 e. The topological polar surface area (TPSA) is 67.9 Å². The van der Waals surface area contributed by atoms with Crippen molar-refractivity contribution in [1.82, 2.24) is 4.90 Å². The van der Waals surface area contributed by atoms with Crippen LogP contribution in [0.25, 0.3) is 0 Å². The van der Waals surface area contributed by atoms with Gasteiger partial charge in [0.25, 0.3) is 0 Å². The normalized spacial score (nSPS) is 17.8. The monoisotopic (exact) mass is 390 g/mol. The number of halogens is 3. The van der Waals surface area contributed by atoms with Gasteiger partial charge < -0.3 is 14.8 Å². The molecule has 1 N–H and O–H groups in total. The first-order chi connectivity index (χ1) is 12.4. The third-order valence-electron chi connectivity index (χ3n) is 3.92. The molecule has 9 heteroatoms. The fourth-order valence-corrected chi connectivity index (χ4v) is 3.05. The molecule has 1 amide bonds. The van der Waals surface area contributed by atoms with Crippen LogP contribution in [-0.4, -0.2) is 49.6 Å². The van der Waals surface area contributed by atoms with Gasteiger partial charge in [-0.3, -0.25) is 14.5 Å². The Kier molecular flexibility index (Phi) is 7.59. The number of nitrogens with one attached hydrogen (secondary N) is 1. The van der Waals surface area contributed by atoms with Gasteiger partial charge in [-0.1, -0.05) is 11.6 Å². The summed E-state index contributed by atoms with van der Waals surface area (Å²) in [5, 5.41) is 2.63. The van der Waals surface area contributed by atoms with Gasteiger partial charge in [0, 0.05) is 12.2 Å². The molecule has 1 fully saturated rings. The number of alkyl halides is 2. The molecule has 0 radical (unpaired) electrons. The summed E-state index contributed by atoms with van der Waals surface area (Å²) in [6, 6.07) is 4.04. The van der Waals surface area contributed by atoms with E-state index in [9.17, 15) is 18.4 Å². The molecule has 0 bridgehead atoms. The lowest BCUT2D eigenvalue weighted by atomic mass is 9.98. The average molecular weight is 391 g/mol. The number of hydrogen-bond acceptors (Lipinski definition) is 5. The Morgan fingerprint density at radius 2 is 2.19 bits per heavy atom. The third-order valence-corrected chi connectivity index (χ3v) is 4.22. The molecule has 6 nitrogen and oxygen atoms in total. The van der Waals surface area contributed by atoms with Gasteiger partial charge in [-0.15, -0.1) is 0 Å². The Morgan fingerprint density at radius 1 is 1.42 bits per heavy atom. The molecule has 144 valence electrons. The summed E-state index contributed by atoms with van der Waals surface area (Å²) in [5.41, 5.74) is 0.376. The molecule has 0 saturated carbocycles. The lowest BCUT2D eigenvalue weighted by Crippen LogP contribution is -2.43. The highest BCUT2D eigenvalue weighted by atomic mass is 35.5. The van der Waals surface area contributed by atoms with Crippen LogP contribution in [0, 0.1) is 5.92 Å². The van der Waals surface area contributed by atoms with E-state index in [0.717, 1.165) is 12.8 Å². The second-order valence-corrected chi connectivity index (χ2v) is 6.31.